The molecule has 4 nitrogen and oxygen atoms in total. The molecule has 0 aliphatic rings. The summed E-state index contributed by atoms with van der Waals surface area (Å²) in [5, 5.41) is 18.2. The third kappa shape index (κ3) is 7.97. The van der Waals surface area contributed by atoms with E-state index in [1.54, 1.807) is 19.1 Å². The van der Waals surface area contributed by atoms with E-state index < -0.39 is 29.3 Å². The number of ether oxygens (including phenoxy) is 1. The normalized spacial score (nSPS) is 15.1. The minimum absolute atomic E-state index is 0.0480. The van der Waals surface area contributed by atoms with Gasteiger partial charge in [0.2, 0.25) is 0 Å². The molecule has 2 unspecified atom stereocenters. The van der Waals surface area contributed by atoms with Gasteiger partial charge in [-0.15, -0.1) is 0 Å². The Morgan fingerprint density at radius 3 is 1.98 bits per heavy atom. The van der Waals surface area contributed by atoms with Crippen LogP contribution in [0, 0.1) is 13.8 Å². The minimum Gasteiger partial charge on any atom is -0.493 e. The zero-order valence-corrected chi connectivity index (χ0v) is 25.5. The Kier molecular flexibility index (Phi) is 11.7. The first-order valence-corrected chi connectivity index (χ1v) is 14.4. The van der Waals surface area contributed by atoms with Crippen LogP contribution in [-0.4, -0.2) is 44.7 Å². The molecule has 2 N–H and O–H groups in total. The number of hydrogen-bond donors (Lipinski definition) is 2. The van der Waals surface area contributed by atoms with Crippen LogP contribution in [0.2, 0.25) is 0 Å². The van der Waals surface area contributed by atoms with Crippen molar-refractivity contribution in [1.82, 2.24) is 0 Å². The SMILES string of the molecule is CCC(c1ccc(C=CC(O)(C(F)(F)F)C(F)(F)F)c(C)c1)(c1ccc(OCCCCCC(=O)O)c(C)c1)C(C)I. The van der Waals surface area contributed by atoms with Crippen LogP contribution < -0.4 is 4.74 Å². The fourth-order valence-corrected chi connectivity index (χ4v) is 6.00. The highest BCUT2D eigenvalue weighted by molar-refractivity contribution is 14.1. The van der Waals surface area contributed by atoms with E-state index in [4.69, 9.17) is 9.84 Å². The molecule has 0 aliphatic heterocycles. The van der Waals surface area contributed by atoms with Crippen LogP contribution in [-0.2, 0) is 10.2 Å². The number of aliphatic carboxylic acids is 1. The number of carboxylic acids is 1. The van der Waals surface area contributed by atoms with Gasteiger partial charge in [-0.25, -0.2) is 0 Å². The summed E-state index contributed by atoms with van der Waals surface area (Å²) in [5.74, 6) is -0.116. The highest BCUT2D eigenvalue weighted by Gasteiger charge is 2.69. The summed E-state index contributed by atoms with van der Waals surface area (Å²) in [6.07, 6.45) is -8.63. The number of carbonyl (C=O) groups is 1. The largest absolute Gasteiger partial charge is 0.493 e. The van der Waals surface area contributed by atoms with Crippen molar-refractivity contribution in [2.24, 2.45) is 0 Å². The Morgan fingerprint density at radius 1 is 0.951 bits per heavy atom. The Bertz CT molecular complexity index is 1210. The van der Waals surface area contributed by atoms with Crippen LogP contribution >= 0.6 is 22.6 Å². The van der Waals surface area contributed by atoms with Crippen LogP contribution in [0.1, 0.15) is 73.8 Å². The van der Waals surface area contributed by atoms with Crippen LogP contribution in [0.4, 0.5) is 26.3 Å². The van der Waals surface area contributed by atoms with Gasteiger partial charge in [0.05, 0.1) is 6.61 Å². The fraction of sp³-hybridized carbons (Fsp3) is 0.500. The number of hydrogen-bond acceptors (Lipinski definition) is 3. The van der Waals surface area contributed by atoms with E-state index in [9.17, 15) is 36.2 Å². The Morgan fingerprint density at radius 2 is 1.51 bits per heavy atom. The Balaban J connectivity index is 2.38. The lowest BCUT2D eigenvalue weighted by Gasteiger charge is -2.38. The lowest BCUT2D eigenvalue weighted by Crippen LogP contribution is -2.55. The van der Waals surface area contributed by atoms with Crippen molar-refractivity contribution in [2.75, 3.05) is 6.61 Å². The molecular weight excluding hydrogens is 665 g/mol. The topological polar surface area (TPSA) is 66.8 Å². The summed E-state index contributed by atoms with van der Waals surface area (Å²) in [6, 6.07) is 10.8. The first-order chi connectivity index (χ1) is 18.9. The van der Waals surface area contributed by atoms with E-state index in [0.717, 1.165) is 29.5 Å². The van der Waals surface area contributed by atoms with Gasteiger partial charge < -0.3 is 14.9 Å². The molecule has 2 rings (SSSR count). The highest BCUT2D eigenvalue weighted by Crippen LogP contribution is 2.46. The van der Waals surface area contributed by atoms with E-state index in [-0.39, 0.29) is 22.0 Å². The lowest BCUT2D eigenvalue weighted by molar-refractivity contribution is -0.347. The number of rotatable bonds is 13. The molecule has 0 aliphatic carbocycles. The maximum Gasteiger partial charge on any atom is 0.430 e. The van der Waals surface area contributed by atoms with Crippen LogP contribution in [0.5, 0.6) is 5.75 Å². The Hall–Kier alpha value is -2.28. The Labute approximate surface area is 249 Å². The van der Waals surface area contributed by atoms with Crippen molar-refractivity contribution in [1.29, 1.82) is 0 Å². The van der Waals surface area contributed by atoms with E-state index in [1.165, 1.54) is 6.07 Å². The predicted molar refractivity (Wildman–Crippen MR) is 155 cm³/mol. The number of aryl methyl sites for hydroxylation is 2. The molecular formula is C30H35F6IO4. The van der Waals surface area contributed by atoms with Crippen molar-refractivity contribution < 1.29 is 46.1 Å². The van der Waals surface area contributed by atoms with Crippen LogP contribution in [0.25, 0.3) is 6.08 Å². The van der Waals surface area contributed by atoms with Gasteiger partial charge in [0.15, 0.2) is 0 Å². The molecule has 0 amide bonds. The zero-order valence-electron chi connectivity index (χ0n) is 23.3. The van der Waals surface area contributed by atoms with Gasteiger partial charge in [0.25, 0.3) is 5.60 Å². The number of halogens is 7. The van der Waals surface area contributed by atoms with Gasteiger partial charge in [-0.2, -0.15) is 26.3 Å². The smallest absolute Gasteiger partial charge is 0.430 e. The summed E-state index contributed by atoms with van der Waals surface area (Å²) in [6.45, 7) is 8.02. The second-order valence-corrected chi connectivity index (χ2v) is 12.0. The van der Waals surface area contributed by atoms with Crippen molar-refractivity contribution >= 4 is 34.6 Å². The highest BCUT2D eigenvalue weighted by atomic mass is 127. The summed E-state index contributed by atoms with van der Waals surface area (Å²) in [7, 11) is 0. The molecule has 11 heteroatoms. The average molecular weight is 700 g/mol. The molecule has 2 aromatic rings. The lowest BCUT2D eigenvalue weighted by atomic mass is 9.69. The molecule has 0 radical (unpaired) electrons. The third-order valence-corrected chi connectivity index (χ3v) is 8.44. The van der Waals surface area contributed by atoms with E-state index in [2.05, 4.69) is 22.6 Å². The monoisotopic (exact) mass is 700 g/mol. The average Bonchev–Trinajstić information content (AvgIpc) is 2.85. The summed E-state index contributed by atoms with van der Waals surface area (Å²) < 4.78 is 84.6. The molecule has 228 valence electrons. The van der Waals surface area contributed by atoms with Gasteiger partial charge >= 0.3 is 18.3 Å². The zero-order chi connectivity index (χ0) is 31.2. The van der Waals surface area contributed by atoms with Gasteiger partial charge in [0.1, 0.15) is 5.75 Å². The van der Waals surface area contributed by atoms with Crippen molar-refractivity contribution in [2.45, 2.75) is 87.1 Å². The number of alkyl halides is 7. The van der Waals surface area contributed by atoms with Gasteiger partial charge in [-0.1, -0.05) is 72.8 Å². The van der Waals surface area contributed by atoms with Crippen molar-refractivity contribution in [3.63, 3.8) is 0 Å². The van der Waals surface area contributed by atoms with Gasteiger partial charge in [0, 0.05) is 15.8 Å². The van der Waals surface area contributed by atoms with Gasteiger partial charge in [-0.05, 0) is 79.5 Å². The minimum atomic E-state index is -5.93. The number of aliphatic hydroxyl groups is 1. The number of carboxylic acid groups (broad SMARTS) is 1. The molecule has 2 aromatic carbocycles. The maximum atomic E-state index is 13.1. The number of benzene rings is 2. The molecule has 0 heterocycles. The summed E-state index contributed by atoms with van der Waals surface area (Å²) in [4.78, 5) is 10.6. The van der Waals surface area contributed by atoms with Crippen LogP contribution in [0.3, 0.4) is 0 Å². The molecule has 0 saturated heterocycles. The first kappa shape index (κ1) is 34.9. The molecule has 0 spiro atoms. The first-order valence-electron chi connectivity index (χ1n) is 13.2. The summed E-state index contributed by atoms with van der Waals surface area (Å²) in [5.41, 5.74) is -2.17. The molecule has 0 fully saturated rings. The molecule has 0 bridgehead atoms. The standard InChI is InChI=1S/C30H35F6IO4/c1-5-27(21(4)37,24-12-13-25(20(3)18-24)41-16-8-6-7-9-26(38)39)23-11-10-22(19(2)17-23)14-15-28(40,29(31,32)33)30(34,35)36/h10-15,17-18,21,40H,5-9,16H2,1-4H3,(H,38,39). The van der Waals surface area contributed by atoms with Crippen LogP contribution in [0.15, 0.2) is 42.5 Å². The van der Waals surface area contributed by atoms with E-state index in [1.807, 2.05) is 39.0 Å². The molecule has 2 atom stereocenters. The molecule has 0 saturated carbocycles. The second kappa shape index (κ2) is 13.8. The van der Waals surface area contributed by atoms with Crippen molar-refractivity contribution in [3.05, 3.63) is 70.3 Å². The fourth-order valence-electron chi connectivity index (χ4n) is 4.84. The van der Waals surface area contributed by atoms with Crippen molar-refractivity contribution in [3.8, 4) is 5.75 Å². The molecule has 41 heavy (non-hydrogen) atoms. The number of unbranched alkanes of at least 4 members (excludes halogenated alkanes) is 2. The summed E-state index contributed by atoms with van der Waals surface area (Å²) >= 11 is 2.32. The quantitative estimate of drug-likeness (QED) is 0.0950. The predicted octanol–water partition coefficient (Wildman–Crippen LogP) is 8.72. The van der Waals surface area contributed by atoms with E-state index >= 15 is 0 Å². The van der Waals surface area contributed by atoms with Gasteiger partial charge in [-0.3, -0.25) is 4.79 Å². The maximum absolute atomic E-state index is 13.1. The molecule has 0 aromatic heterocycles. The third-order valence-electron chi connectivity index (χ3n) is 7.37. The van der Waals surface area contributed by atoms with E-state index in [0.29, 0.717) is 36.8 Å². The second-order valence-electron chi connectivity index (χ2n) is 10.1.